The molecule has 0 spiro atoms. The number of hydrogen-bond donors (Lipinski definition) is 1. The van der Waals surface area contributed by atoms with Crippen LogP contribution >= 0.6 is 10.7 Å². The second kappa shape index (κ2) is 15.9. The van der Waals surface area contributed by atoms with Gasteiger partial charge in [0.15, 0.2) is 9.84 Å². The average molecular weight is 698 g/mol. The monoisotopic (exact) mass is 697 g/mol. The van der Waals surface area contributed by atoms with E-state index < -0.39 is 26.0 Å². The molecule has 2 fully saturated rings. The first-order valence-corrected chi connectivity index (χ1v) is 18.7. The molecule has 0 atom stereocenters. The Balaban J connectivity index is 0.000000386. The molecule has 0 bridgehead atoms. The maximum absolute atomic E-state index is 11.8. The van der Waals surface area contributed by atoms with E-state index in [4.69, 9.17) is 35.0 Å². The first-order valence-electron chi connectivity index (χ1n) is 14.4. The van der Waals surface area contributed by atoms with Gasteiger partial charge in [0, 0.05) is 16.4 Å². The number of nitrogen functional groups attached to an aromatic ring is 1. The number of sulfone groups is 1. The highest BCUT2D eigenvalue weighted by Crippen LogP contribution is 2.37. The second-order valence-corrected chi connectivity index (χ2v) is 17.9. The Kier molecular flexibility index (Phi) is 14.4. The SMILES string of the molecule is C.C=CCS(=O)(=O)Cc1ccc(B2OC(C)(C)C(C)(C)O2)cc1.C=CCS(=O)(=O)Cl.CC1(C)OB(c2ccc(N)cc2)OC1(C)C. The minimum Gasteiger partial charge on any atom is -0.399 e. The molecule has 46 heavy (non-hydrogen) atoms. The van der Waals surface area contributed by atoms with Gasteiger partial charge in [0.25, 0.3) is 0 Å². The van der Waals surface area contributed by atoms with Crippen LogP contribution in [-0.2, 0) is 43.3 Å². The van der Waals surface area contributed by atoms with Crippen molar-refractivity contribution in [1.29, 1.82) is 0 Å². The summed E-state index contributed by atoms with van der Waals surface area (Å²) in [4.78, 5) is 0. The van der Waals surface area contributed by atoms with Crippen molar-refractivity contribution in [3.8, 4) is 0 Å². The molecule has 0 radical (unpaired) electrons. The fourth-order valence-corrected chi connectivity index (χ4v) is 5.74. The average Bonchev–Trinajstić information content (AvgIpc) is 3.24. The molecule has 256 valence electrons. The summed E-state index contributed by atoms with van der Waals surface area (Å²) in [5, 5.41) is 0. The number of halogens is 1. The molecule has 2 aromatic carbocycles. The number of benzene rings is 2. The highest BCUT2D eigenvalue weighted by Gasteiger charge is 2.52. The predicted octanol–water partition coefficient (Wildman–Crippen LogP) is 5.03. The summed E-state index contributed by atoms with van der Waals surface area (Å²) in [6, 6.07) is 14.9. The smallest absolute Gasteiger partial charge is 0.399 e. The van der Waals surface area contributed by atoms with Gasteiger partial charge in [0.1, 0.15) is 0 Å². The van der Waals surface area contributed by atoms with E-state index in [9.17, 15) is 16.8 Å². The van der Waals surface area contributed by atoms with E-state index in [1.165, 1.54) is 12.2 Å². The summed E-state index contributed by atoms with van der Waals surface area (Å²) in [6.07, 6.45) is 2.65. The van der Waals surface area contributed by atoms with Crippen molar-refractivity contribution in [2.24, 2.45) is 0 Å². The number of hydrogen-bond acceptors (Lipinski definition) is 9. The van der Waals surface area contributed by atoms with Gasteiger partial charge in [-0.05, 0) is 84.0 Å². The van der Waals surface area contributed by atoms with E-state index in [2.05, 4.69) is 13.2 Å². The normalized spacial score (nSPS) is 19.1. The van der Waals surface area contributed by atoms with E-state index in [1.807, 2.05) is 91.8 Å². The van der Waals surface area contributed by atoms with Gasteiger partial charge in [-0.3, -0.25) is 0 Å². The lowest BCUT2D eigenvalue weighted by molar-refractivity contribution is 0.00578. The molecule has 2 aromatic rings. The third kappa shape index (κ3) is 11.8. The molecule has 0 saturated carbocycles. The van der Waals surface area contributed by atoms with E-state index in [0.717, 1.165) is 22.2 Å². The fourth-order valence-electron chi connectivity index (χ4n) is 4.02. The van der Waals surface area contributed by atoms with Crippen molar-refractivity contribution in [3.63, 3.8) is 0 Å². The lowest BCUT2D eigenvalue weighted by Gasteiger charge is -2.32. The Morgan fingerprint density at radius 3 is 1.28 bits per heavy atom. The van der Waals surface area contributed by atoms with Crippen molar-refractivity contribution in [3.05, 3.63) is 79.4 Å². The van der Waals surface area contributed by atoms with E-state index in [1.54, 1.807) is 12.1 Å². The summed E-state index contributed by atoms with van der Waals surface area (Å²) in [5.74, 6) is -0.150. The van der Waals surface area contributed by atoms with Gasteiger partial charge in [-0.15, -0.1) is 13.2 Å². The van der Waals surface area contributed by atoms with Crippen LogP contribution < -0.4 is 16.7 Å². The van der Waals surface area contributed by atoms with Crippen molar-refractivity contribution in [1.82, 2.24) is 0 Å². The third-order valence-electron chi connectivity index (χ3n) is 8.04. The van der Waals surface area contributed by atoms with Crippen molar-refractivity contribution in [2.75, 3.05) is 17.2 Å². The molecule has 2 N–H and O–H groups in total. The highest BCUT2D eigenvalue weighted by molar-refractivity contribution is 8.13. The maximum atomic E-state index is 11.8. The van der Waals surface area contributed by atoms with Crippen molar-refractivity contribution in [2.45, 2.75) is 91.0 Å². The molecule has 0 aliphatic carbocycles. The van der Waals surface area contributed by atoms with Crippen molar-refractivity contribution < 1.29 is 35.5 Å². The molecule has 0 amide bonds. The van der Waals surface area contributed by atoms with Crippen LogP contribution in [0.5, 0.6) is 0 Å². The number of nitrogens with two attached hydrogens (primary N) is 1. The molecule has 0 unspecified atom stereocenters. The molecule has 14 heteroatoms. The molecule has 0 aromatic heterocycles. The zero-order valence-corrected chi connectivity index (χ0v) is 29.9. The molecule has 2 saturated heterocycles. The summed E-state index contributed by atoms with van der Waals surface area (Å²) < 4.78 is 67.2. The molecular formula is C32H50B2ClNO8S2. The lowest BCUT2D eigenvalue weighted by Crippen LogP contribution is -2.41. The van der Waals surface area contributed by atoms with E-state index in [0.29, 0.717) is 0 Å². The molecule has 4 rings (SSSR count). The Bertz CT molecular complexity index is 1490. The summed E-state index contributed by atoms with van der Waals surface area (Å²) in [5.41, 5.74) is 7.70. The van der Waals surface area contributed by atoms with Gasteiger partial charge >= 0.3 is 14.2 Å². The first kappa shape index (κ1) is 41.9. The minimum absolute atomic E-state index is 0. The van der Waals surface area contributed by atoms with Crippen LogP contribution in [0.1, 0.15) is 68.4 Å². The van der Waals surface area contributed by atoms with Crippen LogP contribution in [0, 0.1) is 0 Å². The van der Waals surface area contributed by atoms with Gasteiger partial charge in [-0.1, -0.05) is 56.0 Å². The minimum atomic E-state index is -3.32. The Hall–Kier alpha value is -2.12. The van der Waals surface area contributed by atoms with Crippen LogP contribution in [0.3, 0.4) is 0 Å². The zero-order valence-electron chi connectivity index (χ0n) is 27.5. The van der Waals surface area contributed by atoms with Gasteiger partial charge in [0.2, 0.25) is 9.05 Å². The Labute approximate surface area is 282 Å². The van der Waals surface area contributed by atoms with Crippen LogP contribution in [0.25, 0.3) is 0 Å². The van der Waals surface area contributed by atoms with Gasteiger partial charge in [0.05, 0.1) is 39.7 Å². The van der Waals surface area contributed by atoms with Gasteiger partial charge in [-0.25, -0.2) is 16.8 Å². The fraction of sp³-hybridized carbons (Fsp3) is 0.500. The van der Waals surface area contributed by atoms with Crippen LogP contribution in [0.15, 0.2) is 73.8 Å². The zero-order chi connectivity index (χ0) is 34.5. The largest absolute Gasteiger partial charge is 0.494 e. The molecule has 9 nitrogen and oxygen atoms in total. The van der Waals surface area contributed by atoms with Crippen molar-refractivity contribution >= 4 is 60.4 Å². The molecule has 2 aliphatic rings. The summed E-state index contributed by atoms with van der Waals surface area (Å²) in [7, 11) is -2.45. The summed E-state index contributed by atoms with van der Waals surface area (Å²) >= 11 is 0. The Morgan fingerprint density at radius 1 is 0.674 bits per heavy atom. The topological polar surface area (TPSA) is 131 Å². The van der Waals surface area contributed by atoms with Gasteiger partial charge in [-0.2, -0.15) is 0 Å². The predicted molar refractivity (Wildman–Crippen MR) is 193 cm³/mol. The molecule has 2 aliphatic heterocycles. The quantitative estimate of drug-likeness (QED) is 0.175. The molecule has 2 heterocycles. The van der Waals surface area contributed by atoms with Crippen LogP contribution in [0.2, 0.25) is 0 Å². The standard InChI is InChI=1S/C16H23BO4S.C12H18BNO2.C3H5ClO2S.CH4/c1-6-11-22(18,19)12-13-7-9-14(10-8-13)17-20-15(2,3)16(4,5)21-17;1-11(2)12(3,4)16-13(15-11)9-5-7-10(14)8-6-9;1-2-3-7(4,5)6;/h6-10H,1,11-12H2,2-5H3;5-8H,14H2,1-4H3;2H,1,3H2;1H4. The maximum Gasteiger partial charge on any atom is 0.494 e. The molecular weight excluding hydrogens is 648 g/mol. The summed E-state index contributed by atoms with van der Waals surface area (Å²) in [6.45, 7) is 22.8. The van der Waals surface area contributed by atoms with Crippen LogP contribution in [-0.4, -0.2) is 65.0 Å². The van der Waals surface area contributed by atoms with E-state index >= 15 is 0 Å². The van der Waals surface area contributed by atoms with Gasteiger partial charge < -0.3 is 24.4 Å². The third-order valence-corrected chi connectivity index (χ3v) is 10.6. The number of anilines is 1. The van der Waals surface area contributed by atoms with E-state index in [-0.39, 0.29) is 54.2 Å². The number of rotatable bonds is 8. The van der Waals surface area contributed by atoms with Crippen LogP contribution in [0.4, 0.5) is 5.69 Å². The lowest BCUT2D eigenvalue weighted by atomic mass is 9.79. The second-order valence-electron chi connectivity index (χ2n) is 12.9. The first-order chi connectivity index (χ1) is 20.4. The Morgan fingerprint density at radius 2 is 1.00 bits per heavy atom. The highest BCUT2D eigenvalue weighted by atomic mass is 35.7.